The number of ether oxygens (including phenoxy) is 3. The van der Waals surface area contributed by atoms with Crippen LogP contribution in [0, 0.1) is 0 Å². The normalized spacial score (nSPS) is 17.1. The van der Waals surface area contributed by atoms with Gasteiger partial charge in [0.25, 0.3) is 0 Å². The number of piperidine rings is 1. The minimum atomic E-state index is -0.695. The number of hydrogen-bond acceptors (Lipinski definition) is 5. The van der Waals surface area contributed by atoms with Gasteiger partial charge in [0.15, 0.2) is 11.5 Å². The number of carbonyl (C=O) groups excluding carboxylic acids is 2. The number of nitrogens with zero attached hydrogens (tertiary/aromatic N) is 1. The van der Waals surface area contributed by atoms with Gasteiger partial charge in [0, 0.05) is 19.1 Å². The van der Waals surface area contributed by atoms with Gasteiger partial charge in [-0.2, -0.15) is 0 Å². The molecule has 0 bridgehead atoms. The second-order valence-electron chi connectivity index (χ2n) is 7.13. The fourth-order valence-corrected chi connectivity index (χ4v) is 3.20. The van der Waals surface area contributed by atoms with E-state index in [4.69, 9.17) is 14.2 Å². The van der Waals surface area contributed by atoms with Crippen molar-refractivity contribution in [2.75, 3.05) is 26.5 Å². The maximum absolute atomic E-state index is 12.9. The number of amides is 2. The molecule has 2 heterocycles. The molecule has 2 amide bonds. The van der Waals surface area contributed by atoms with Crippen molar-refractivity contribution in [2.45, 2.75) is 45.1 Å². The van der Waals surface area contributed by atoms with Crippen LogP contribution in [0.15, 0.2) is 18.2 Å². The zero-order valence-corrected chi connectivity index (χ0v) is 15.5. The molecule has 1 aromatic rings. The Morgan fingerprint density at radius 1 is 1.23 bits per heavy atom. The van der Waals surface area contributed by atoms with Crippen LogP contribution in [0.2, 0.25) is 0 Å². The summed E-state index contributed by atoms with van der Waals surface area (Å²) in [4.78, 5) is 26.3. The van der Waals surface area contributed by atoms with E-state index in [9.17, 15) is 9.59 Å². The van der Waals surface area contributed by atoms with E-state index in [1.165, 1.54) is 0 Å². The van der Waals surface area contributed by atoms with Gasteiger partial charge in [0.1, 0.15) is 0 Å². The van der Waals surface area contributed by atoms with Crippen LogP contribution >= 0.6 is 0 Å². The number of nitrogens with one attached hydrogen (secondary N) is 1. The summed E-state index contributed by atoms with van der Waals surface area (Å²) in [5.74, 6) is 1.34. The Morgan fingerprint density at radius 3 is 2.62 bits per heavy atom. The van der Waals surface area contributed by atoms with Crippen molar-refractivity contribution in [3.63, 3.8) is 0 Å². The highest BCUT2D eigenvalue weighted by Crippen LogP contribution is 2.36. The lowest BCUT2D eigenvalue weighted by molar-refractivity contribution is -0.126. The summed E-state index contributed by atoms with van der Waals surface area (Å²) in [6, 6.07) is 5.66. The Balaban J connectivity index is 1.58. The molecule has 1 N–H and O–H groups in total. The first-order chi connectivity index (χ1) is 12.4. The number of carbonyl (C=O) groups is 2. The first kappa shape index (κ1) is 18.4. The molecule has 2 aliphatic heterocycles. The quantitative estimate of drug-likeness (QED) is 0.890. The summed E-state index contributed by atoms with van der Waals surface area (Å²) in [6.45, 7) is 7.36. The van der Waals surface area contributed by atoms with Crippen LogP contribution in [-0.2, 0) is 14.9 Å². The highest BCUT2D eigenvalue weighted by molar-refractivity contribution is 5.87. The third-order valence-corrected chi connectivity index (χ3v) is 5.02. The van der Waals surface area contributed by atoms with Crippen LogP contribution in [-0.4, -0.2) is 49.4 Å². The lowest BCUT2D eigenvalue weighted by atomic mass is 9.83. The molecule has 0 saturated carbocycles. The number of rotatable bonds is 4. The zero-order valence-electron chi connectivity index (χ0n) is 15.5. The monoisotopic (exact) mass is 362 g/mol. The molecule has 2 aliphatic rings. The van der Waals surface area contributed by atoms with Crippen LogP contribution in [0.5, 0.6) is 11.5 Å². The highest BCUT2D eigenvalue weighted by atomic mass is 16.7. The molecule has 0 aromatic heterocycles. The fraction of sp³-hybridized carbons (Fsp3) is 0.579. The zero-order chi connectivity index (χ0) is 18.7. The summed E-state index contributed by atoms with van der Waals surface area (Å²) in [6.07, 6.45) is 1.17. The summed E-state index contributed by atoms with van der Waals surface area (Å²) >= 11 is 0. The highest BCUT2D eigenvalue weighted by Gasteiger charge is 2.34. The smallest absolute Gasteiger partial charge is 0.409 e. The molecule has 26 heavy (non-hydrogen) atoms. The Labute approximate surface area is 153 Å². The molecule has 0 radical (unpaired) electrons. The van der Waals surface area contributed by atoms with Crippen LogP contribution in [0.1, 0.15) is 39.2 Å². The standard InChI is InChI=1S/C19H26N2O5/c1-4-24-18(23)21-9-7-14(8-10-21)20-17(22)19(2,3)13-5-6-15-16(11-13)26-12-25-15/h5-6,11,14H,4,7-10,12H2,1-3H3,(H,20,22). The Bertz CT molecular complexity index is 681. The third kappa shape index (κ3) is 3.71. The van der Waals surface area contributed by atoms with Crippen molar-refractivity contribution >= 4 is 12.0 Å². The largest absolute Gasteiger partial charge is 0.454 e. The van der Waals surface area contributed by atoms with Gasteiger partial charge in [-0.3, -0.25) is 4.79 Å². The third-order valence-electron chi connectivity index (χ3n) is 5.02. The second kappa shape index (κ2) is 7.43. The van der Waals surface area contributed by atoms with Gasteiger partial charge in [-0.15, -0.1) is 0 Å². The number of fused-ring (bicyclic) bond motifs is 1. The van der Waals surface area contributed by atoms with E-state index in [1.54, 1.807) is 11.8 Å². The Morgan fingerprint density at radius 2 is 1.92 bits per heavy atom. The summed E-state index contributed by atoms with van der Waals surface area (Å²) in [5.41, 5.74) is 0.183. The topological polar surface area (TPSA) is 77.1 Å². The van der Waals surface area contributed by atoms with Crippen LogP contribution in [0.25, 0.3) is 0 Å². The van der Waals surface area contributed by atoms with Crippen molar-refractivity contribution in [1.82, 2.24) is 10.2 Å². The van der Waals surface area contributed by atoms with E-state index in [-0.39, 0.29) is 24.8 Å². The van der Waals surface area contributed by atoms with E-state index < -0.39 is 5.41 Å². The van der Waals surface area contributed by atoms with Crippen molar-refractivity contribution in [3.05, 3.63) is 23.8 Å². The van der Waals surface area contributed by atoms with Crippen molar-refractivity contribution < 1.29 is 23.8 Å². The SMILES string of the molecule is CCOC(=O)N1CCC(NC(=O)C(C)(C)c2ccc3c(c2)OCO3)CC1. The first-order valence-electron chi connectivity index (χ1n) is 9.04. The molecule has 1 saturated heterocycles. The predicted molar refractivity (Wildman–Crippen MR) is 95.4 cm³/mol. The lowest BCUT2D eigenvalue weighted by Crippen LogP contribution is -2.50. The van der Waals surface area contributed by atoms with Gasteiger partial charge in [-0.1, -0.05) is 6.07 Å². The minimum absolute atomic E-state index is 0.0362. The molecule has 1 fully saturated rings. The number of likely N-dealkylation sites (tertiary alicyclic amines) is 1. The average Bonchev–Trinajstić information content (AvgIpc) is 3.10. The molecule has 7 nitrogen and oxygen atoms in total. The fourth-order valence-electron chi connectivity index (χ4n) is 3.20. The van der Waals surface area contributed by atoms with Gasteiger partial charge in [0.05, 0.1) is 12.0 Å². The number of hydrogen-bond donors (Lipinski definition) is 1. The molecule has 0 spiro atoms. The molecular formula is C19H26N2O5. The van der Waals surface area contributed by atoms with Crippen LogP contribution in [0.4, 0.5) is 4.79 Å². The Kier molecular flexibility index (Phi) is 5.25. The van der Waals surface area contributed by atoms with E-state index in [0.29, 0.717) is 31.2 Å². The molecule has 3 rings (SSSR count). The summed E-state index contributed by atoms with van der Waals surface area (Å²) < 4.78 is 15.8. The lowest BCUT2D eigenvalue weighted by Gasteiger charge is -2.34. The molecule has 142 valence electrons. The van der Waals surface area contributed by atoms with Crippen molar-refractivity contribution in [3.8, 4) is 11.5 Å². The average molecular weight is 362 g/mol. The second-order valence-corrected chi connectivity index (χ2v) is 7.13. The van der Waals surface area contributed by atoms with Gasteiger partial charge in [0.2, 0.25) is 12.7 Å². The Hall–Kier alpha value is -2.44. The van der Waals surface area contributed by atoms with Crippen molar-refractivity contribution in [1.29, 1.82) is 0 Å². The predicted octanol–water partition coefficient (Wildman–Crippen LogP) is 2.43. The van der Waals surface area contributed by atoms with Gasteiger partial charge < -0.3 is 24.4 Å². The number of benzene rings is 1. The molecule has 0 aliphatic carbocycles. The molecule has 1 aromatic carbocycles. The van der Waals surface area contributed by atoms with E-state index in [1.807, 2.05) is 32.0 Å². The molecule has 0 unspecified atom stereocenters. The van der Waals surface area contributed by atoms with Crippen molar-refractivity contribution in [2.24, 2.45) is 0 Å². The van der Waals surface area contributed by atoms with Gasteiger partial charge >= 0.3 is 6.09 Å². The molecule has 0 atom stereocenters. The van der Waals surface area contributed by atoms with Gasteiger partial charge in [-0.05, 0) is 51.3 Å². The van der Waals surface area contributed by atoms with Crippen LogP contribution < -0.4 is 14.8 Å². The summed E-state index contributed by atoms with van der Waals surface area (Å²) in [5, 5.41) is 3.13. The van der Waals surface area contributed by atoms with Gasteiger partial charge in [-0.25, -0.2) is 4.79 Å². The maximum atomic E-state index is 12.9. The minimum Gasteiger partial charge on any atom is -0.454 e. The van der Waals surface area contributed by atoms with E-state index >= 15 is 0 Å². The molecular weight excluding hydrogens is 336 g/mol. The van der Waals surface area contributed by atoms with E-state index in [2.05, 4.69) is 5.32 Å². The molecule has 7 heteroatoms. The van der Waals surface area contributed by atoms with E-state index in [0.717, 1.165) is 18.4 Å². The summed E-state index contributed by atoms with van der Waals surface area (Å²) in [7, 11) is 0. The maximum Gasteiger partial charge on any atom is 0.409 e. The first-order valence-corrected chi connectivity index (χ1v) is 9.04. The van der Waals surface area contributed by atoms with Crippen LogP contribution in [0.3, 0.4) is 0 Å².